The minimum Gasteiger partial charge on any atom is -0.372 e. The summed E-state index contributed by atoms with van der Waals surface area (Å²) in [5, 5.41) is 3.44. The number of rotatable bonds is 6. The van der Waals surface area contributed by atoms with Gasteiger partial charge in [0, 0.05) is 55.1 Å². The molecule has 2 amide bonds. The lowest BCUT2D eigenvalue weighted by molar-refractivity contribution is -0.117. The van der Waals surface area contributed by atoms with E-state index in [0.29, 0.717) is 17.3 Å². The van der Waals surface area contributed by atoms with Crippen molar-refractivity contribution in [2.45, 2.75) is 26.2 Å². The van der Waals surface area contributed by atoms with Crippen LogP contribution in [0.25, 0.3) is 0 Å². The smallest absolute Gasteiger partial charge is 0.226 e. The van der Waals surface area contributed by atoms with Gasteiger partial charge in [0.25, 0.3) is 0 Å². The minimum absolute atomic E-state index is 0.0804. The van der Waals surface area contributed by atoms with Gasteiger partial charge >= 0.3 is 0 Å². The standard InChI is InChI=1S/C21H24ClN3O2/c1-16(26)25(15-12-21(27)23-18-6-4-17(22)5-7-18)20-10-8-19(9-11-20)24-13-2-3-14-24/h4-11H,2-3,12-15H2,1H3,(H,23,27). The lowest BCUT2D eigenvalue weighted by atomic mass is 10.2. The molecule has 6 heteroatoms. The number of nitrogens with zero attached hydrogens (tertiary/aromatic N) is 2. The van der Waals surface area contributed by atoms with Crippen LogP contribution in [0.2, 0.25) is 5.02 Å². The minimum atomic E-state index is -0.141. The van der Waals surface area contributed by atoms with Crippen molar-refractivity contribution in [1.29, 1.82) is 0 Å². The molecule has 2 aromatic carbocycles. The van der Waals surface area contributed by atoms with E-state index >= 15 is 0 Å². The van der Waals surface area contributed by atoms with Crippen LogP contribution in [0.15, 0.2) is 48.5 Å². The number of benzene rings is 2. The van der Waals surface area contributed by atoms with E-state index in [1.165, 1.54) is 25.5 Å². The SMILES string of the molecule is CC(=O)N(CCC(=O)Nc1ccc(Cl)cc1)c1ccc(N2CCCC2)cc1. The van der Waals surface area contributed by atoms with Gasteiger partial charge in [0.1, 0.15) is 0 Å². The Balaban J connectivity index is 1.59. The summed E-state index contributed by atoms with van der Waals surface area (Å²) in [6, 6.07) is 14.9. The Morgan fingerprint density at radius 1 is 1.04 bits per heavy atom. The Hall–Kier alpha value is -2.53. The Morgan fingerprint density at radius 3 is 2.26 bits per heavy atom. The van der Waals surface area contributed by atoms with Crippen molar-refractivity contribution >= 4 is 40.5 Å². The third kappa shape index (κ3) is 5.23. The molecule has 0 aliphatic carbocycles. The van der Waals surface area contributed by atoms with Crippen LogP contribution in [0.1, 0.15) is 26.2 Å². The van der Waals surface area contributed by atoms with Gasteiger partial charge in [-0.1, -0.05) is 11.6 Å². The highest BCUT2D eigenvalue weighted by Crippen LogP contribution is 2.24. The molecule has 1 saturated heterocycles. The number of hydrogen-bond acceptors (Lipinski definition) is 3. The molecule has 142 valence electrons. The van der Waals surface area contributed by atoms with E-state index in [1.807, 2.05) is 24.3 Å². The summed E-state index contributed by atoms with van der Waals surface area (Å²) in [7, 11) is 0. The highest BCUT2D eigenvalue weighted by Gasteiger charge is 2.16. The van der Waals surface area contributed by atoms with E-state index < -0.39 is 0 Å². The Bertz CT molecular complexity index is 784. The number of hydrogen-bond donors (Lipinski definition) is 1. The fourth-order valence-corrected chi connectivity index (χ4v) is 3.38. The lowest BCUT2D eigenvalue weighted by Gasteiger charge is -2.23. The third-order valence-corrected chi connectivity index (χ3v) is 4.96. The summed E-state index contributed by atoms with van der Waals surface area (Å²) in [5.74, 6) is -0.222. The van der Waals surface area contributed by atoms with Crippen molar-refractivity contribution in [3.63, 3.8) is 0 Å². The van der Waals surface area contributed by atoms with Crippen LogP contribution in [0, 0.1) is 0 Å². The second-order valence-electron chi connectivity index (χ2n) is 6.69. The summed E-state index contributed by atoms with van der Waals surface area (Å²) in [6.45, 7) is 4.02. The summed E-state index contributed by atoms with van der Waals surface area (Å²) in [6.07, 6.45) is 2.67. The second kappa shape index (κ2) is 8.91. The summed E-state index contributed by atoms with van der Waals surface area (Å²) >= 11 is 5.85. The number of nitrogens with one attached hydrogen (secondary N) is 1. The van der Waals surface area contributed by atoms with E-state index in [9.17, 15) is 9.59 Å². The molecule has 5 nitrogen and oxygen atoms in total. The first-order valence-corrected chi connectivity index (χ1v) is 9.59. The van der Waals surface area contributed by atoms with Crippen LogP contribution in [0.3, 0.4) is 0 Å². The number of carbonyl (C=O) groups excluding carboxylic acids is 2. The molecule has 27 heavy (non-hydrogen) atoms. The molecule has 1 fully saturated rings. The molecular weight excluding hydrogens is 362 g/mol. The fraction of sp³-hybridized carbons (Fsp3) is 0.333. The van der Waals surface area contributed by atoms with E-state index in [-0.39, 0.29) is 18.2 Å². The number of amides is 2. The monoisotopic (exact) mass is 385 g/mol. The van der Waals surface area contributed by atoms with E-state index in [0.717, 1.165) is 18.8 Å². The molecule has 0 unspecified atom stereocenters. The molecule has 1 N–H and O–H groups in total. The summed E-state index contributed by atoms with van der Waals surface area (Å²) in [4.78, 5) is 28.2. The van der Waals surface area contributed by atoms with Gasteiger partial charge in [0.2, 0.25) is 11.8 Å². The zero-order valence-electron chi connectivity index (χ0n) is 15.5. The molecule has 0 radical (unpaired) electrons. The average Bonchev–Trinajstić information content (AvgIpc) is 3.19. The highest BCUT2D eigenvalue weighted by atomic mass is 35.5. The van der Waals surface area contributed by atoms with Gasteiger partial charge in [-0.05, 0) is 61.4 Å². The Labute approximate surface area is 164 Å². The van der Waals surface area contributed by atoms with Gasteiger partial charge < -0.3 is 15.1 Å². The van der Waals surface area contributed by atoms with Gasteiger partial charge in [0.15, 0.2) is 0 Å². The molecular formula is C21H24ClN3O2. The lowest BCUT2D eigenvalue weighted by Crippen LogP contribution is -2.32. The van der Waals surface area contributed by atoms with Crippen LogP contribution >= 0.6 is 11.6 Å². The fourth-order valence-electron chi connectivity index (χ4n) is 3.26. The van der Waals surface area contributed by atoms with E-state index in [2.05, 4.69) is 10.2 Å². The van der Waals surface area contributed by atoms with Gasteiger partial charge in [-0.15, -0.1) is 0 Å². The number of carbonyl (C=O) groups is 2. The zero-order chi connectivity index (χ0) is 19.2. The maximum absolute atomic E-state index is 12.2. The number of halogens is 1. The van der Waals surface area contributed by atoms with Gasteiger partial charge in [0.05, 0.1) is 0 Å². The molecule has 0 saturated carbocycles. The van der Waals surface area contributed by atoms with Crippen molar-refractivity contribution < 1.29 is 9.59 Å². The van der Waals surface area contributed by atoms with Crippen molar-refractivity contribution in [2.24, 2.45) is 0 Å². The van der Waals surface area contributed by atoms with Gasteiger partial charge in [-0.2, -0.15) is 0 Å². The molecule has 0 aromatic heterocycles. The summed E-state index contributed by atoms with van der Waals surface area (Å²) in [5.41, 5.74) is 2.68. The molecule has 1 heterocycles. The van der Waals surface area contributed by atoms with Crippen molar-refractivity contribution in [1.82, 2.24) is 0 Å². The normalized spacial score (nSPS) is 13.5. The quantitative estimate of drug-likeness (QED) is 0.805. The first kappa shape index (κ1) is 19.2. The van der Waals surface area contributed by atoms with Crippen LogP contribution in [0.5, 0.6) is 0 Å². The average molecular weight is 386 g/mol. The maximum atomic E-state index is 12.2. The van der Waals surface area contributed by atoms with Crippen molar-refractivity contribution in [3.05, 3.63) is 53.6 Å². The second-order valence-corrected chi connectivity index (χ2v) is 7.12. The van der Waals surface area contributed by atoms with E-state index in [1.54, 1.807) is 29.2 Å². The van der Waals surface area contributed by atoms with Crippen molar-refractivity contribution in [3.8, 4) is 0 Å². The first-order valence-electron chi connectivity index (χ1n) is 9.21. The number of anilines is 3. The van der Waals surface area contributed by atoms with Crippen LogP contribution < -0.4 is 15.1 Å². The topological polar surface area (TPSA) is 52.7 Å². The molecule has 0 bridgehead atoms. The third-order valence-electron chi connectivity index (χ3n) is 4.70. The van der Waals surface area contributed by atoms with Gasteiger partial charge in [-0.3, -0.25) is 9.59 Å². The van der Waals surface area contributed by atoms with Crippen LogP contribution in [-0.2, 0) is 9.59 Å². The molecule has 0 atom stereocenters. The van der Waals surface area contributed by atoms with Crippen LogP contribution in [0.4, 0.5) is 17.1 Å². The summed E-state index contributed by atoms with van der Waals surface area (Å²) < 4.78 is 0. The molecule has 3 rings (SSSR count). The predicted octanol–water partition coefficient (Wildman–Crippen LogP) is 4.32. The Kier molecular flexibility index (Phi) is 6.35. The molecule has 2 aromatic rings. The Morgan fingerprint density at radius 2 is 1.67 bits per heavy atom. The molecule has 1 aliphatic heterocycles. The van der Waals surface area contributed by atoms with Crippen LogP contribution in [-0.4, -0.2) is 31.4 Å². The molecule has 1 aliphatic rings. The highest BCUT2D eigenvalue weighted by molar-refractivity contribution is 6.30. The zero-order valence-corrected chi connectivity index (χ0v) is 16.2. The van der Waals surface area contributed by atoms with Gasteiger partial charge in [-0.25, -0.2) is 0 Å². The van der Waals surface area contributed by atoms with Crippen molar-refractivity contribution in [2.75, 3.05) is 34.8 Å². The van der Waals surface area contributed by atoms with E-state index in [4.69, 9.17) is 11.6 Å². The predicted molar refractivity (Wildman–Crippen MR) is 111 cm³/mol. The largest absolute Gasteiger partial charge is 0.372 e. The maximum Gasteiger partial charge on any atom is 0.226 e. The first-order chi connectivity index (χ1) is 13.0. The molecule has 0 spiro atoms.